The van der Waals surface area contributed by atoms with Crippen molar-refractivity contribution in [2.24, 2.45) is 0 Å². The number of likely N-dealkylation sites (tertiary alicyclic amines) is 1. The van der Waals surface area contributed by atoms with Crippen LogP contribution in [0.3, 0.4) is 0 Å². The van der Waals surface area contributed by atoms with Gasteiger partial charge in [-0.15, -0.1) is 0 Å². The number of hydrogen-bond donors (Lipinski definition) is 1. The standard InChI is InChI=1S/C24H27ClN2O4/c1-4-26(5-2)14-15-27-21(16-8-12-19(31-3)13-9-16)20(23(29)24(27)30)22(28)17-6-10-18(25)11-7-17/h6-13,21,28H,4-5,14-15H2,1-3H3/b22-20+/t21-/m1/s1. The molecule has 31 heavy (non-hydrogen) atoms. The average molecular weight is 443 g/mol. The number of carbonyl (C=O) groups is 2. The summed E-state index contributed by atoms with van der Waals surface area (Å²) >= 11 is 5.96. The van der Waals surface area contributed by atoms with Gasteiger partial charge in [0.05, 0.1) is 18.7 Å². The molecule has 0 aliphatic carbocycles. The molecular formula is C24H27ClN2O4. The highest BCUT2D eigenvalue weighted by Gasteiger charge is 2.45. The Bertz CT molecular complexity index is 966. The first kappa shape index (κ1) is 22.8. The molecule has 2 aromatic rings. The van der Waals surface area contributed by atoms with Crippen LogP contribution in [0.1, 0.15) is 31.0 Å². The third kappa shape index (κ3) is 4.75. The van der Waals surface area contributed by atoms with E-state index < -0.39 is 17.7 Å². The highest BCUT2D eigenvalue weighted by Crippen LogP contribution is 2.39. The smallest absolute Gasteiger partial charge is 0.295 e. The van der Waals surface area contributed by atoms with E-state index in [0.29, 0.717) is 29.4 Å². The minimum absolute atomic E-state index is 0.0806. The molecule has 7 heteroatoms. The van der Waals surface area contributed by atoms with Gasteiger partial charge in [-0.25, -0.2) is 0 Å². The Kier molecular flexibility index (Phi) is 7.36. The number of likely N-dealkylation sites (N-methyl/N-ethyl adjacent to an activating group) is 1. The van der Waals surface area contributed by atoms with E-state index in [-0.39, 0.29) is 11.3 Å². The normalized spacial score (nSPS) is 18.1. The second-order valence-corrected chi connectivity index (χ2v) is 7.74. The summed E-state index contributed by atoms with van der Waals surface area (Å²) in [6.45, 7) is 6.81. The molecule has 1 aliphatic heterocycles. The topological polar surface area (TPSA) is 70.1 Å². The molecule has 1 amide bonds. The van der Waals surface area contributed by atoms with Gasteiger partial charge in [0.2, 0.25) is 0 Å². The average Bonchev–Trinajstić information content (AvgIpc) is 3.04. The van der Waals surface area contributed by atoms with Crippen molar-refractivity contribution in [1.82, 2.24) is 9.80 Å². The summed E-state index contributed by atoms with van der Waals surface area (Å²) in [5.41, 5.74) is 1.25. The second kappa shape index (κ2) is 9.98. The minimum atomic E-state index is -0.687. The third-order valence-corrected chi connectivity index (χ3v) is 5.89. The molecule has 1 heterocycles. The summed E-state index contributed by atoms with van der Waals surface area (Å²) in [4.78, 5) is 29.7. The van der Waals surface area contributed by atoms with Crippen LogP contribution < -0.4 is 4.74 Å². The quantitative estimate of drug-likeness (QED) is 0.378. The zero-order chi connectivity index (χ0) is 22.5. The number of carbonyl (C=O) groups excluding carboxylic acids is 2. The molecule has 0 spiro atoms. The third-order valence-electron chi connectivity index (χ3n) is 5.64. The lowest BCUT2D eigenvalue weighted by Crippen LogP contribution is -2.38. The van der Waals surface area contributed by atoms with Crippen molar-refractivity contribution in [3.63, 3.8) is 0 Å². The molecule has 1 fully saturated rings. The van der Waals surface area contributed by atoms with Gasteiger partial charge >= 0.3 is 0 Å². The largest absolute Gasteiger partial charge is 0.507 e. The maximum absolute atomic E-state index is 13.0. The van der Waals surface area contributed by atoms with Crippen molar-refractivity contribution in [3.05, 3.63) is 70.3 Å². The number of hydrogen-bond acceptors (Lipinski definition) is 5. The molecule has 164 valence electrons. The number of amides is 1. The van der Waals surface area contributed by atoms with E-state index >= 15 is 0 Å². The Morgan fingerprint density at radius 2 is 1.68 bits per heavy atom. The Labute approximate surface area is 187 Å². The van der Waals surface area contributed by atoms with E-state index in [2.05, 4.69) is 18.7 Å². The van der Waals surface area contributed by atoms with Crippen LogP contribution in [-0.2, 0) is 9.59 Å². The fraction of sp³-hybridized carbons (Fsp3) is 0.333. The molecule has 1 saturated heterocycles. The van der Waals surface area contributed by atoms with E-state index in [1.807, 2.05) is 12.1 Å². The Balaban J connectivity index is 2.08. The molecule has 0 radical (unpaired) electrons. The number of halogens is 1. The van der Waals surface area contributed by atoms with E-state index in [0.717, 1.165) is 18.7 Å². The number of aliphatic hydroxyl groups excluding tert-OH is 1. The monoisotopic (exact) mass is 442 g/mol. The molecule has 1 N–H and O–H groups in total. The molecule has 2 aromatic carbocycles. The van der Waals surface area contributed by atoms with Gasteiger partial charge in [0.15, 0.2) is 0 Å². The number of rotatable bonds is 8. The highest BCUT2D eigenvalue weighted by molar-refractivity contribution is 6.46. The van der Waals surface area contributed by atoms with Crippen LogP contribution in [0, 0.1) is 0 Å². The van der Waals surface area contributed by atoms with Crippen molar-refractivity contribution in [2.75, 3.05) is 33.3 Å². The van der Waals surface area contributed by atoms with Gasteiger partial charge in [0, 0.05) is 23.7 Å². The molecule has 1 atom stereocenters. The van der Waals surface area contributed by atoms with Gasteiger partial charge in [-0.2, -0.15) is 0 Å². The number of aliphatic hydroxyl groups is 1. The van der Waals surface area contributed by atoms with Crippen molar-refractivity contribution in [2.45, 2.75) is 19.9 Å². The fourth-order valence-corrected chi connectivity index (χ4v) is 3.92. The zero-order valence-electron chi connectivity index (χ0n) is 18.0. The van der Waals surface area contributed by atoms with Crippen LogP contribution in [0.4, 0.5) is 0 Å². The molecule has 3 rings (SSSR count). The summed E-state index contributed by atoms with van der Waals surface area (Å²) < 4.78 is 5.24. The predicted molar refractivity (Wildman–Crippen MR) is 121 cm³/mol. The molecule has 0 saturated carbocycles. The van der Waals surface area contributed by atoms with Crippen LogP contribution in [0.2, 0.25) is 5.02 Å². The fourth-order valence-electron chi connectivity index (χ4n) is 3.80. The summed E-state index contributed by atoms with van der Waals surface area (Å²) in [7, 11) is 1.58. The van der Waals surface area contributed by atoms with Crippen molar-refractivity contribution >= 4 is 29.1 Å². The van der Waals surface area contributed by atoms with Gasteiger partial charge in [0.25, 0.3) is 11.7 Å². The first-order valence-electron chi connectivity index (χ1n) is 10.3. The Hall–Kier alpha value is -2.83. The molecule has 0 unspecified atom stereocenters. The lowest BCUT2D eigenvalue weighted by atomic mass is 9.95. The van der Waals surface area contributed by atoms with Crippen LogP contribution in [0.5, 0.6) is 5.75 Å². The van der Waals surface area contributed by atoms with E-state index in [1.54, 1.807) is 48.4 Å². The first-order valence-corrected chi connectivity index (χ1v) is 10.7. The Morgan fingerprint density at radius 3 is 2.23 bits per heavy atom. The van der Waals surface area contributed by atoms with Crippen LogP contribution in [0.15, 0.2) is 54.1 Å². The predicted octanol–water partition coefficient (Wildman–Crippen LogP) is 4.11. The lowest BCUT2D eigenvalue weighted by Gasteiger charge is -2.28. The highest BCUT2D eigenvalue weighted by atomic mass is 35.5. The second-order valence-electron chi connectivity index (χ2n) is 7.30. The minimum Gasteiger partial charge on any atom is -0.507 e. The van der Waals surface area contributed by atoms with E-state index in [1.165, 1.54) is 0 Å². The molecule has 0 bridgehead atoms. The van der Waals surface area contributed by atoms with Gasteiger partial charge in [0.1, 0.15) is 11.5 Å². The van der Waals surface area contributed by atoms with Gasteiger partial charge in [-0.05, 0) is 55.1 Å². The van der Waals surface area contributed by atoms with Crippen molar-refractivity contribution in [1.29, 1.82) is 0 Å². The van der Waals surface area contributed by atoms with Crippen molar-refractivity contribution in [3.8, 4) is 5.75 Å². The molecular weight excluding hydrogens is 416 g/mol. The molecule has 1 aliphatic rings. The summed E-state index contributed by atoms with van der Waals surface area (Å²) in [5, 5.41) is 11.5. The molecule has 6 nitrogen and oxygen atoms in total. The zero-order valence-corrected chi connectivity index (χ0v) is 18.7. The van der Waals surface area contributed by atoms with Crippen LogP contribution in [-0.4, -0.2) is 59.9 Å². The number of ketones is 1. The van der Waals surface area contributed by atoms with Gasteiger partial charge in [-0.3, -0.25) is 9.59 Å². The number of benzene rings is 2. The van der Waals surface area contributed by atoms with E-state index in [9.17, 15) is 14.7 Å². The Morgan fingerprint density at radius 1 is 1.06 bits per heavy atom. The maximum atomic E-state index is 13.0. The molecule has 0 aromatic heterocycles. The maximum Gasteiger partial charge on any atom is 0.295 e. The number of Topliss-reactive ketones (excluding diaryl/α,β-unsaturated/α-hetero) is 1. The van der Waals surface area contributed by atoms with Crippen LogP contribution >= 0.6 is 11.6 Å². The lowest BCUT2D eigenvalue weighted by molar-refractivity contribution is -0.140. The van der Waals surface area contributed by atoms with Gasteiger partial charge < -0.3 is 19.6 Å². The summed E-state index contributed by atoms with van der Waals surface area (Å²) in [6, 6.07) is 13.0. The number of ether oxygens (including phenoxy) is 1. The SMILES string of the molecule is CCN(CC)CCN1C(=O)C(=O)/C(=C(/O)c2ccc(Cl)cc2)[C@H]1c1ccc(OC)cc1. The number of methoxy groups -OCH3 is 1. The van der Waals surface area contributed by atoms with Gasteiger partial charge in [-0.1, -0.05) is 37.6 Å². The summed E-state index contributed by atoms with van der Waals surface area (Å²) in [6.07, 6.45) is 0. The van der Waals surface area contributed by atoms with Crippen LogP contribution in [0.25, 0.3) is 5.76 Å². The summed E-state index contributed by atoms with van der Waals surface area (Å²) in [5.74, 6) is -0.834. The number of nitrogens with zero attached hydrogens (tertiary/aromatic N) is 2. The van der Waals surface area contributed by atoms with Crippen molar-refractivity contribution < 1.29 is 19.4 Å². The first-order chi connectivity index (χ1) is 14.9. The van der Waals surface area contributed by atoms with E-state index in [4.69, 9.17) is 16.3 Å².